The van der Waals surface area contributed by atoms with E-state index >= 15 is 0 Å². The molecule has 0 aliphatic carbocycles. The van der Waals surface area contributed by atoms with Crippen LogP contribution in [0.3, 0.4) is 0 Å². The molecule has 0 aromatic carbocycles. The fourth-order valence-electron chi connectivity index (χ4n) is 1.74. The summed E-state index contributed by atoms with van der Waals surface area (Å²) in [5.41, 5.74) is 5.53. The number of carbonyl (C=O) groups is 2. The molecule has 72 valence electrons. The van der Waals surface area contributed by atoms with E-state index in [1.54, 1.807) is 0 Å². The molecule has 2 heterocycles. The van der Waals surface area contributed by atoms with E-state index in [1.807, 2.05) is 0 Å². The molecule has 13 heavy (non-hydrogen) atoms. The summed E-state index contributed by atoms with van der Waals surface area (Å²) in [5.74, 6) is -0.668. The molecule has 2 aliphatic rings. The van der Waals surface area contributed by atoms with Gasteiger partial charge in [-0.15, -0.1) is 11.8 Å². The Morgan fingerprint density at radius 2 is 2.38 bits per heavy atom. The van der Waals surface area contributed by atoms with Gasteiger partial charge in [-0.2, -0.15) is 0 Å². The summed E-state index contributed by atoms with van der Waals surface area (Å²) >= 11 is 1.50. The maximum absolute atomic E-state index is 11.4. The van der Waals surface area contributed by atoms with E-state index in [4.69, 9.17) is 10.8 Å². The van der Waals surface area contributed by atoms with Crippen molar-refractivity contribution in [2.45, 2.75) is 23.9 Å². The molecule has 0 aromatic rings. The van der Waals surface area contributed by atoms with Gasteiger partial charge in [-0.25, -0.2) is 4.79 Å². The Hall–Kier alpha value is -0.750. The maximum atomic E-state index is 11.4. The second kappa shape index (κ2) is 2.88. The Kier molecular flexibility index (Phi) is 1.96. The number of nitrogens with zero attached hydrogens (tertiary/aromatic N) is 1. The van der Waals surface area contributed by atoms with Crippen molar-refractivity contribution < 1.29 is 14.7 Å². The number of fused-ring (bicyclic) bond motifs is 1. The summed E-state index contributed by atoms with van der Waals surface area (Å²) in [7, 11) is 0. The molecular weight excluding hydrogens is 192 g/mol. The summed E-state index contributed by atoms with van der Waals surface area (Å²) in [6.45, 7) is 0. The average Bonchev–Trinajstić information content (AvgIpc) is 2.55. The van der Waals surface area contributed by atoms with E-state index in [0.29, 0.717) is 12.2 Å². The van der Waals surface area contributed by atoms with Crippen LogP contribution in [0, 0.1) is 0 Å². The zero-order chi connectivity index (χ0) is 9.59. The first-order valence-electron chi connectivity index (χ1n) is 4.03. The van der Waals surface area contributed by atoms with E-state index in [0.717, 1.165) is 0 Å². The highest BCUT2D eigenvalue weighted by Gasteiger charge is 2.48. The second-order valence-corrected chi connectivity index (χ2v) is 4.44. The first kappa shape index (κ1) is 8.83. The number of thioether (sulfide) groups is 1. The van der Waals surface area contributed by atoms with E-state index in [9.17, 15) is 9.59 Å². The number of carbonyl (C=O) groups excluding carboxylic acids is 1. The SMILES string of the molecule is N[C@H]1C[C@H]2SC[C@@H](C(=O)O)N2C1=O. The van der Waals surface area contributed by atoms with Crippen LogP contribution >= 0.6 is 11.8 Å². The van der Waals surface area contributed by atoms with Crippen LogP contribution in [-0.2, 0) is 9.59 Å². The van der Waals surface area contributed by atoms with Crippen molar-refractivity contribution in [2.24, 2.45) is 5.73 Å². The van der Waals surface area contributed by atoms with Crippen molar-refractivity contribution in [3.63, 3.8) is 0 Å². The number of hydrogen-bond acceptors (Lipinski definition) is 4. The zero-order valence-electron chi connectivity index (χ0n) is 6.84. The number of carboxylic acids is 1. The highest BCUT2D eigenvalue weighted by molar-refractivity contribution is 8.00. The molecule has 2 aliphatic heterocycles. The topological polar surface area (TPSA) is 83.6 Å². The fourth-order valence-corrected chi connectivity index (χ4v) is 3.20. The quantitative estimate of drug-likeness (QED) is 0.574. The smallest absolute Gasteiger partial charge is 0.327 e. The van der Waals surface area contributed by atoms with Crippen molar-refractivity contribution in [1.82, 2.24) is 4.90 Å². The van der Waals surface area contributed by atoms with Crippen LogP contribution in [0.15, 0.2) is 0 Å². The van der Waals surface area contributed by atoms with Crippen molar-refractivity contribution >= 4 is 23.6 Å². The molecule has 0 bridgehead atoms. The van der Waals surface area contributed by atoms with Gasteiger partial charge in [0.25, 0.3) is 0 Å². The van der Waals surface area contributed by atoms with Gasteiger partial charge in [-0.05, 0) is 0 Å². The third kappa shape index (κ3) is 1.21. The molecule has 3 atom stereocenters. The maximum Gasteiger partial charge on any atom is 0.327 e. The van der Waals surface area contributed by atoms with E-state index in [-0.39, 0.29) is 11.3 Å². The largest absolute Gasteiger partial charge is 0.480 e. The minimum atomic E-state index is -0.933. The minimum absolute atomic E-state index is 0.0106. The number of amides is 1. The van der Waals surface area contributed by atoms with Crippen LogP contribution in [-0.4, -0.2) is 45.1 Å². The number of rotatable bonds is 1. The van der Waals surface area contributed by atoms with Gasteiger partial charge in [0, 0.05) is 12.2 Å². The van der Waals surface area contributed by atoms with Gasteiger partial charge in [0.05, 0.1) is 11.4 Å². The van der Waals surface area contributed by atoms with Gasteiger partial charge in [-0.1, -0.05) is 0 Å². The van der Waals surface area contributed by atoms with Crippen molar-refractivity contribution in [1.29, 1.82) is 0 Å². The number of aliphatic carboxylic acids is 1. The van der Waals surface area contributed by atoms with Crippen molar-refractivity contribution in [2.75, 3.05) is 5.75 Å². The van der Waals surface area contributed by atoms with Crippen molar-refractivity contribution in [3.8, 4) is 0 Å². The van der Waals surface area contributed by atoms with E-state index in [2.05, 4.69) is 0 Å². The molecule has 0 aromatic heterocycles. The van der Waals surface area contributed by atoms with Gasteiger partial charge in [0.15, 0.2) is 0 Å². The molecule has 6 heteroatoms. The Labute approximate surface area is 79.3 Å². The van der Waals surface area contributed by atoms with Crippen LogP contribution < -0.4 is 5.73 Å². The highest BCUT2D eigenvalue weighted by Crippen LogP contribution is 2.36. The van der Waals surface area contributed by atoms with Gasteiger partial charge >= 0.3 is 5.97 Å². The molecule has 0 saturated carbocycles. The molecule has 0 unspecified atom stereocenters. The standard InChI is InChI=1S/C7H10N2O3S/c8-3-1-5-9(6(3)10)4(2-13-5)7(11)12/h3-5H,1-2,8H2,(H,11,12)/t3-,4-,5+/m0/s1. The molecule has 2 rings (SSSR count). The molecule has 5 nitrogen and oxygen atoms in total. The highest BCUT2D eigenvalue weighted by atomic mass is 32.2. The molecule has 0 spiro atoms. The predicted octanol–water partition coefficient (Wildman–Crippen LogP) is -0.928. The summed E-state index contributed by atoms with van der Waals surface area (Å²) in [6.07, 6.45) is 0.577. The second-order valence-electron chi connectivity index (χ2n) is 3.23. The fraction of sp³-hybridized carbons (Fsp3) is 0.714. The zero-order valence-corrected chi connectivity index (χ0v) is 7.66. The van der Waals surface area contributed by atoms with Gasteiger partial charge in [0.2, 0.25) is 5.91 Å². The lowest BCUT2D eigenvalue weighted by Gasteiger charge is -2.19. The van der Waals surface area contributed by atoms with Gasteiger partial charge in [0.1, 0.15) is 6.04 Å². The molecule has 3 N–H and O–H groups in total. The lowest BCUT2D eigenvalue weighted by molar-refractivity contribution is -0.147. The molecular formula is C7H10N2O3S. The Morgan fingerprint density at radius 3 is 3.00 bits per heavy atom. The third-order valence-corrected chi connectivity index (χ3v) is 3.72. The Bertz CT molecular complexity index is 270. The first-order chi connectivity index (χ1) is 6.11. The molecule has 1 amide bonds. The molecule has 0 radical (unpaired) electrons. The molecule has 2 saturated heterocycles. The van der Waals surface area contributed by atoms with Crippen molar-refractivity contribution in [3.05, 3.63) is 0 Å². The van der Waals surface area contributed by atoms with E-state index < -0.39 is 18.1 Å². The third-order valence-electron chi connectivity index (χ3n) is 2.40. The average molecular weight is 202 g/mol. The van der Waals surface area contributed by atoms with Gasteiger partial charge < -0.3 is 15.7 Å². The number of carboxylic acid groups (broad SMARTS) is 1. The minimum Gasteiger partial charge on any atom is -0.480 e. The van der Waals surface area contributed by atoms with E-state index in [1.165, 1.54) is 16.7 Å². The van der Waals surface area contributed by atoms with Gasteiger partial charge in [-0.3, -0.25) is 4.79 Å². The predicted molar refractivity (Wildman–Crippen MR) is 47.1 cm³/mol. The summed E-state index contributed by atoms with van der Waals surface area (Å²) in [4.78, 5) is 23.6. The van der Waals surface area contributed by atoms with Crippen LogP contribution in [0.1, 0.15) is 6.42 Å². The Morgan fingerprint density at radius 1 is 1.69 bits per heavy atom. The molecule has 2 fully saturated rings. The lowest BCUT2D eigenvalue weighted by Crippen LogP contribution is -2.44. The summed E-state index contributed by atoms with van der Waals surface area (Å²) in [5, 5.41) is 8.81. The Balaban J connectivity index is 2.21. The summed E-state index contributed by atoms with van der Waals surface area (Å²) < 4.78 is 0. The van der Waals surface area contributed by atoms with Crippen LogP contribution in [0.2, 0.25) is 0 Å². The van der Waals surface area contributed by atoms with Crippen LogP contribution in [0.25, 0.3) is 0 Å². The normalized spacial score (nSPS) is 38.1. The van der Waals surface area contributed by atoms with Crippen LogP contribution in [0.4, 0.5) is 0 Å². The number of nitrogens with two attached hydrogens (primary N) is 1. The van der Waals surface area contributed by atoms with Crippen LogP contribution in [0.5, 0.6) is 0 Å². The summed E-state index contributed by atoms with van der Waals surface area (Å²) in [6, 6.07) is -1.17. The lowest BCUT2D eigenvalue weighted by atomic mass is 10.3. The monoisotopic (exact) mass is 202 g/mol. The first-order valence-corrected chi connectivity index (χ1v) is 5.08. The number of hydrogen-bond donors (Lipinski definition) is 2.